The van der Waals surface area contributed by atoms with E-state index in [1.165, 1.54) is 6.21 Å². The van der Waals surface area contributed by atoms with Crippen molar-refractivity contribution in [2.45, 2.75) is 6.42 Å². The molecule has 2 aromatic rings. The van der Waals surface area contributed by atoms with Crippen LogP contribution < -0.4 is 14.9 Å². The largest absolute Gasteiger partial charge is 0.486 e. The summed E-state index contributed by atoms with van der Waals surface area (Å²) in [5.41, 5.74) is 4.68. The zero-order chi connectivity index (χ0) is 16.8. The van der Waals surface area contributed by atoms with Crippen molar-refractivity contribution < 1.29 is 14.3 Å². The zero-order valence-electron chi connectivity index (χ0n) is 12.9. The normalized spacial score (nSPS) is 12.6. The molecular weight excluding hydrogens is 306 g/mol. The lowest BCUT2D eigenvalue weighted by molar-refractivity contribution is -0.120. The summed E-state index contributed by atoms with van der Waals surface area (Å²) in [6, 6.07) is 14.4. The summed E-state index contributed by atoms with van der Waals surface area (Å²) < 4.78 is 10.9. The second kappa shape index (κ2) is 7.29. The van der Waals surface area contributed by atoms with Crippen LogP contribution in [0.3, 0.4) is 0 Å². The Morgan fingerprint density at radius 3 is 2.67 bits per heavy atom. The van der Waals surface area contributed by atoms with Gasteiger partial charge in [-0.2, -0.15) is 10.4 Å². The van der Waals surface area contributed by atoms with Crippen LogP contribution in [-0.4, -0.2) is 25.3 Å². The Labute approximate surface area is 139 Å². The molecular formula is C18H15N3O3. The maximum atomic E-state index is 11.9. The number of hydrazone groups is 1. The molecule has 1 N–H and O–H groups in total. The predicted octanol–water partition coefficient (Wildman–Crippen LogP) is 2.02. The number of ether oxygens (including phenoxy) is 2. The first-order valence-electron chi connectivity index (χ1n) is 7.45. The molecule has 0 atom stereocenters. The van der Waals surface area contributed by atoms with Gasteiger partial charge in [0.05, 0.1) is 24.3 Å². The van der Waals surface area contributed by atoms with Gasteiger partial charge in [0, 0.05) is 0 Å². The van der Waals surface area contributed by atoms with Gasteiger partial charge in [-0.25, -0.2) is 5.43 Å². The van der Waals surface area contributed by atoms with Gasteiger partial charge in [-0.15, -0.1) is 0 Å². The predicted molar refractivity (Wildman–Crippen MR) is 88.0 cm³/mol. The quantitative estimate of drug-likeness (QED) is 0.690. The van der Waals surface area contributed by atoms with Crippen LogP contribution in [0.15, 0.2) is 47.6 Å². The summed E-state index contributed by atoms with van der Waals surface area (Å²) in [4.78, 5) is 11.9. The summed E-state index contributed by atoms with van der Waals surface area (Å²) in [6.07, 6.45) is 1.73. The second-order valence-corrected chi connectivity index (χ2v) is 5.18. The van der Waals surface area contributed by atoms with Gasteiger partial charge in [-0.05, 0) is 35.4 Å². The fourth-order valence-corrected chi connectivity index (χ4v) is 2.25. The van der Waals surface area contributed by atoms with Crippen LogP contribution in [0.25, 0.3) is 0 Å². The van der Waals surface area contributed by atoms with Crippen LogP contribution in [0.1, 0.15) is 16.7 Å². The summed E-state index contributed by atoms with van der Waals surface area (Å²) in [7, 11) is 0. The number of fused-ring (bicyclic) bond motifs is 1. The van der Waals surface area contributed by atoms with Gasteiger partial charge in [0.15, 0.2) is 11.5 Å². The Bertz CT molecular complexity index is 807. The van der Waals surface area contributed by atoms with Crippen LogP contribution in [0.2, 0.25) is 0 Å². The first kappa shape index (κ1) is 15.6. The molecule has 1 aliphatic rings. The third-order valence-electron chi connectivity index (χ3n) is 3.41. The number of carbonyl (C=O) groups excluding carboxylic acids is 1. The minimum Gasteiger partial charge on any atom is -0.486 e. The number of hydrogen-bond acceptors (Lipinski definition) is 5. The van der Waals surface area contributed by atoms with Gasteiger partial charge in [-0.3, -0.25) is 4.79 Å². The Kier molecular flexibility index (Phi) is 4.73. The van der Waals surface area contributed by atoms with Gasteiger partial charge in [-0.1, -0.05) is 18.2 Å². The molecule has 0 radical (unpaired) electrons. The lowest BCUT2D eigenvalue weighted by Crippen LogP contribution is -2.20. The van der Waals surface area contributed by atoms with E-state index in [4.69, 9.17) is 14.7 Å². The minimum atomic E-state index is -0.225. The fraction of sp³-hybridized carbons (Fsp3) is 0.167. The highest BCUT2D eigenvalue weighted by molar-refractivity contribution is 5.83. The Morgan fingerprint density at radius 2 is 1.92 bits per heavy atom. The van der Waals surface area contributed by atoms with Crippen molar-refractivity contribution in [2.75, 3.05) is 13.2 Å². The minimum absolute atomic E-state index is 0.196. The molecule has 120 valence electrons. The van der Waals surface area contributed by atoms with Gasteiger partial charge in [0.25, 0.3) is 0 Å². The highest BCUT2D eigenvalue weighted by Crippen LogP contribution is 2.30. The topological polar surface area (TPSA) is 83.7 Å². The van der Waals surface area contributed by atoms with Gasteiger partial charge in [0.1, 0.15) is 13.2 Å². The van der Waals surface area contributed by atoms with Gasteiger partial charge >= 0.3 is 0 Å². The number of nitrogens with one attached hydrogen (secondary N) is 1. The number of hydrogen-bond donors (Lipinski definition) is 1. The average Bonchev–Trinajstić information content (AvgIpc) is 2.62. The van der Waals surface area contributed by atoms with Crippen LogP contribution in [-0.2, 0) is 11.2 Å². The molecule has 0 saturated carbocycles. The summed E-state index contributed by atoms with van der Waals surface area (Å²) in [6.45, 7) is 1.05. The van der Waals surface area contributed by atoms with E-state index in [1.54, 1.807) is 36.4 Å². The van der Waals surface area contributed by atoms with Crippen molar-refractivity contribution in [3.05, 3.63) is 59.2 Å². The molecule has 0 saturated heterocycles. The Morgan fingerprint density at radius 1 is 1.17 bits per heavy atom. The van der Waals surface area contributed by atoms with E-state index < -0.39 is 0 Å². The van der Waals surface area contributed by atoms with Crippen molar-refractivity contribution in [3.8, 4) is 17.6 Å². The van der Waals surface area contributed by atoms with Crippen molar-refractivity contribution in [1.82, 2.24) is 5.43 Å². The lowest BCUT2D eigenvalue weighted by atomic mass is 10.1. The molecule has 0 spiro atoms. The summed E-state index contributed by atoms with van der Waals surface area (Å²) >= 11 is 0. The fourth-order valence-electron chi connectivity index (χ4n) is 2.25. The van der Waals surface area contributed by atoms with Crippen molar-refractivity contribution in [3.63, 3.8) is 0 Å². The number of amides is 1. The number of carbonyl (C=O) groups is 1. The molecule has 0 fully saturated rings. The Hall–Kier alpha value is -3.33. The molecule has 6 nitrogen and oxygen atoms in total. The molecule has 0 aliphatic carbocycles. The third kappa shape index (κ3) is 3.90. The maximum Gasteiger partial charge on any atom is 0.244 e. The molecule has 1 amide bonds. The van der Waals surface area contributed by atoms with Crippen LogP contribution in [0.4, 0.5) is 0 Å². The van der Waals surface area contributed by atoms with E-state index in [9.17, 15) is 4.79 Å². The lowest BCUT2D eigenvalue weighted by Gasteiger charge is -2.18. The Balaban J connectivity index is 1.55. The molecule has 3 rings (SSSR count). The second-order valence-electron chi connectivity index (χ2n) is 5.18. The standard InChI is InChI=1S/C18H15N3O3/c19-11-13-1-3-14(4-2-13)12-20-21-18(22)10-15-5-6-16-17(9-15)24-8-7-23-16/h1-6,9,12H,7-8,10H2,(H,21,22)/b20-12+. The first-order valence-corrected chi connectivity index (χ1v) is 7.45. The van der Waals surface area contributed by atoms with E-state index in [-0.39, 0.29) is 12.3 Å². The van der Waals surface area contributed by atoms with Crippen molar-refractivity contribution in [1.29, 1.82) is 5.26 Å². The highest BCUT2D eigenvalue weighted by Gasteiger charge is 2.12. The van der Waals surface area contributed by atoms with E-state index in [0.29, 0.717) is 30.3 Å². The highest BCUT2D eigenvalue weighted by atomic mass is 16.6. The number of nitriles is 1. The van der Waals surface area contributed by atoms with Gasteiger partial charge < -0.3 is 9.47 Å². The number of benzene rings is 2. The smallest absolute Gasteiger partial charge is 0.244 e. The molecule has 24 heavy (non-hydrogen) atoms. The van der Waals surface area contributed by atoms with Crippen molar-refractivity contribution >= 4 is 12.1 Å². The van der Waals surface area contributed by atoms with Crippen LogP contribution in [0, 0.1) is 11.3 Å². The molecule has 1 heterocycles. The molecule has 0 unspecified atom stereocenters. The summed E-state index contributed by atoms with van der Waals surface area (Å²) in [5, 5.41) is 12.7. The maximum absolute atomic E-state index is 11.9. The summed E-state index contributed by atoms with van der Waals surface area (Å²) in [5.74, 6) is 1.13. The van der Waals surface area contributed by atoms with E-state index in [0.717, 1.165) is 11.1 Å². The number of rotatable bonds is 4. The monoisotopic (exact) mass is 321 g/mol. The average molecular weight is 321 g/mol. The molecule has 6 heteroatoms. The van der Waals surface area contributed by atoms with Gasteiger partial charge in [0.2, 0.25) is 5.91 Å². The first-order chi connectivity index (χ1) is 11.7. The van der Waals surface area contributed by atoms with Crippen LogP contribution >= 0.6 is 0 Å². The molecule has 1 aliphatic heterocycles. The van der Waals surface area contributed by atoms with E-state index in [2.05, 4.69) is 10.5 Å². The third-order valence-corrected chi connectivity index (χ3v) is 3.41. The zero-order valence-corrected chi connectivity index (χ0v) is 12.9. The molecule has 0 aromatic heterocycles. The van der Waals surface area contributed by atoms with Crippen molar-refractivity contribution in [2.24, 2.45) is 5.10 Å². The van der Waals surface area contributed by atoms with Crippen LogP contribution in [0.5, 0.6) is 11.5 Å². The SMILES string of the molecule is N#Cc1ccc(/C=N/NC(=O)Cc2ccc3c(c2)OCCO3)cc1. The van der Waals surface area contributed by atoms with E-state index >= 15 is 0 Å². The molecule has 2 aromatic carbocycles. The number of nitrogens with zero attached hydrogens (tertiary/aromatic N) is 2. The molecule has 0 bridgehead atoms. The van der Waals surface area contributed by atoms with E-state index in [1.807, 2.05) is 12.1 Å².